The summed E-state index contributed by atoms with van der Waals surface area (Å²) < 4.78 is 5.24. The molecule has 0 atom stereocenters. The quantitative estimate of drug-likeness (QED) is 0.742. The molecule has 29 heavy (non-hydrogen) atoms. The third-order valence-corrected chi connectivity index (χ3v) is 5.28. The van der Waals surface area contributed by atoms with Gasteiger partial charge in [0.2, 0.25) is 0 Å². The highest BCUT2D eigenvalue weighted by Gasteiger charge is 2.17. The van der Waals surface area contributed by atoms with Crippen LogP contribution >= 0.6 is 0 Å². The minimum absolute atomic E-state index is 0.00786. The second kappa shape index (κ2) is 10.3. The number of anilines is 1. The van der Waals surface area contributed by atoms with Crippen LogP contribution in [0.25, 0.3) is 0 Å². The predicted octanol–water partition coefficient (Wildman–Crippen LogP) is 2.31. The summed E-state index contributed by atoms with van der Waals surface area (Å²) in [5, 5.41) is 2.95. The number of piperazine rings is 1. The molecule has 6 nitrogen and oxygen atoms in total. The van der Waals surface area contributed by atoms with E-state index in [2.05, 4.69) is 44.3 Å². The van der Waals surface area contributed by atoms with E-state index in [-0.39, 0.29) is 5.91 Å². The van der Waals surface area contributed by atoms with Gasteiger partial charge in [0.1, 0.15) is 5.75 Å². The van der Waals surface area contributed by atoms with Gasteiger partial charge in [0, 0.05) is 57.1 Å². The van der Waals surface area contributed by atoms with Crippen LogP contribution in [0.2, 0.25) is 0 Å². The molecule has 0 radical (unpaired) electrons. The first-order chi connectivity index (χ1) is 14.0. The standard InChI is InChI=1S/C23H32N4O2/c1-25(2)13-12-24-23(28)20-6-4-19(5-7-20)18-26-14-16-27(17-15-26)21-8-10-22(29-3)11-9-21/h4-11H,12-18H2,1-3H3,(H,24,28). The highest BCUT2D eigenvalue weighted by atomic mass is 16.5. The molecule has 156 valence electrons. The van der Waals surface area contributed by atoms with Crippen molar-refractivity contribution in [3.63, 3.8) is 0 Å². The Morgan fingerprint density at radius 2 is 1.66 bits per heavy atom. The number of nitrogens with one attached hydrogen (secondary N) is 1. The van der Waals surface area contributed by atoms with Crippen LogP contribution in [0.15, 0.2) is 48.5 Å². The summed E-state index contributed by atoms with van der Waals surface area (Å²) in [6, 6.07) is 16.3. The minimum atomic E-state index is -0.00786. The van der Waals surface area contributed by atoms with Crippen LogP contribution in [0.3, 0.4) is 0 Å². The normalized spacial score (nSPS) is 14.8. The van der Waals surface area contributed by atoms with Crippen molar-refractivity contribution in [1.82, 2.24) is 15.1 Å². The van der Waals surface area contributed by atoms with Crippen LogP contribution < -0.4 is 15.0 Å². The van der Waals surface area contributed by atoms with Gasteiger partial charge in [0.05, 0.1) is 7.11 Å². The molecular formula is C23H32N4O2. The first-order valence-corrected chi connectivity index (χ1v) is 10.2. The van der Waals surface area contributed by atoms with Crippen molar-refractivity contribution in [3.05, 3.63) is 59.7 Å². The zero-order chi connectivity index (χ0) is 20.6. The number of nitrogens with zero attached hydrogens (tertiary/aromatic N) is 3. The van der Waals surface area contributed by atoms with E-state index in [1.165, 1.54) is 11.3 Å². The minimum Gasteiger partial charge on any atom is -0.497 e. The fraction of sp³-hybridized carbons (Fsp3) is 0.435. The molecule has 0 spiro atoms. The van der Waals surface area contributed by atoms with E-state index in [4.69, 9.17) is 4.74 Å². The summed E-state index contributed by atoms with van der Waals surface area (Å²) in [6.07, 6.45) is 0. The number of carbonyl (C=O) groups excluding carboxylic acids is 1. The van der Waals surface area contributed by atoms with E-state index in [9.17, 15) is 4.79 Å². The van der Waals surface area contributed by atoms with Crippen LogP contribution in [-0.2, 0) is 6.54 Å². The molecule has 1 aliphatic heterocycles. The lowest BCUT2D eigenvalue weighted by Gasteiger charge is -2.36. The number of carbonyl (C=O) groups is 1. The highest BCUT2D eigenvalue weighted by molar-refractivity contribution is 5.94. The van der Waals surface area contributed by atoms with E-state index >= 15 is 0 Å². The van der Waals surface area contributed by atoms with Gasteiger partial charge in [-0.2, -0.15) is 0 Å². The lowest BCUT2D eigenvalue weighted by atomic mass is 10.1. The molecule has 0 aliphatic carbocycles. The molecule has 1 heterocycles. The second-order valence-corrected chi connectivity index (χ2v) is 7.72. The molecule has 1 N–H and O–H groups in total. The number of rotatable bonds is 8. The molecule has 3 rings (SSSR count). The largest absolute Gasteiger partial charge is 0.497 e. The topological polar surface area (TPSA) is 48.1 Å². The number of likely N-dealkylation sites (N-methyl/N-ethyl adjacent to an activating group) is 1. The monoisotopic (exact) mass is 396 g/mol. The van der Waals surface area contributed by atoms with Gasteiger partial charge in [0.25, 0.3) is 5.91 Å². The summed E-state index contributed by atoms with van der Waals surface area (Å²) in [6.45, 7) is 6.49. The fourth-order valence-corrected chi connectivity index (χ4v) is 3.47. The molecule has 6 heteroatoms. The third kappa shape index (κ3) is 6.21. The number of hydrogen-bond donors (Lipinski definition) is 1. The Hall–Kier alpha value is -2.57. The molecule has 2 aromatic rings. The maximum Gasteiger partial charge on any atom is 0.251 e. The average Bonchev–Trinajstić information content (AvgIpc) is 2.74. The first-order valence-electron chi connectivity index (χ1n) is 10.2. The summed E-state index contributed by atoms with van der Waals surface area (Å²) in [5.41, 5.74) is 3.21. The van der Waals surface area contributed by atoms with Crippen LogP contribution in [0.4, 0.5) is 5.69 Å². The van der Waals surface area contributed by atoms with Gasteiger partial charge < -0.3 is 19.9 Å². The molecule has 0 aromatic heterocycles. The molecule has 0 bridgehead atoms. The molecule has 1 amide bonds. The number of ether oxygens (including phenoxy) is 1. The Labute approximate surface area is 174 Å². The maximum absolute atomic E-state index is 12.2. The van der Waals surface area contributed by atoms with Gasteiger partial charge in [-0.25, -0.2) is 0 Å². The Morgan fingerprint density at radius 3 is 2.24 bits per heavy atom. The second-order valence-electron chi connectivity index (χ2n) is 7.72. The SMILES string of the molecule is COc1ccc(N2CCN(Cc3ccc(C(=O)NCCN(C)C)cc3)CC2)cc1. The van der Waals surface area contributed by atoms with E-state index in [1.807, 2.05) is 38.4 Å². The van der Waals surface area contributed by atoms with E-state index in [1.54, 1.807) is 7.11 Å². The number of hydrogen-bond acceptors (Lipinski definition) is 5. The maximum atomic E-state index is 12.2. The molecule has 0 unspecified atom stereocenters. The van der Waals surface area contributed by atoms with Crippen LogP contribution in [-0.4, -0.2) is 76.2 Å². The van der Waals surface area contributed by atoms with Crippen molar-refractivity contribution in [2.24, 2.45) is 0 Å². The van der Waals surface area contributed by atoms with Crippen molar-refractivity contribution >= 4 is 11.6 Å². The molecule has 1 saturated heterocycles. The van der Waals surface area contributed by atoms with Crippen molar-refractivity contribution in [3.8, 4) is 5.75 Å². The van der Waals surface area contributed by atoms with E-state index in [0.29, 0.717) is 6.54 Å². The third-order valence-electron chi connectivity index (χ3n) is 5.28. The molecule has 1 aliphatic rings. The zero-order valence-corrected chi connectivity index (χ0v) is 17.7. The average molecular weight is 397 g/mol. The van der Waals surface area contributed by atoms with E-state index < -0.39 is 0 Å². The van der Waals surface area contributed by atoms with Gasteiger partial charge in [-0.3, -0.25) is 9.69 Å². The summed E-state index contributed by atoms with van der Waals surface area (Å²) in [5.74, 6) is 0.883. The highest BCUT2D eigenvalue weighted by Crippen LogP contribution is 2.21. The summed E-state index contributed by atoms with van der Waals surface area (Å²) >= 11 is 0. The summed E-state index contributed by atoms with van der Waals surface area (Å²) in [7, 11) is 5.69. The van der Waals surface area contributed by atoms with Gasteiger partial charge in [-0.15, -0.1) is 0 Å². The van der Waals surface area contributed by atoms with Gasteiger partial charge in [-0.1, -0.05) is 12.1 Å². The Kier molecular flexibility index (Phi) is 7.49. The molecular weight excluding hydrogens is 364 g/mol. The zero-order valence-electron chi connectivity index (χ0n) is 17.7. The Bertz CT molecular complexity index is 766. The van der Waals surface area contributed by atoms with E-state index in [0.717, 1.165) is 50.6 Å². The molecule has 0 saturated carbocycles. The lowest BCUT2D eigenvalue weighted by molar-refractivity contribution is 0.0951. The van der Waals surface area contributed by atoms with Crippen molar-refractivity contribution in [2.75, 3.05) is 65.4 Å². The van der Waals surface area contributed by atoms with Crippen LogP contribution in [0, 0.1) is 0 Å². The Morgan fingerprint density at radius 1 is 1.00 bits per heavy atom. The van der Waals surface area contributed by atoms with Gasteiger partial charge in [0.15, 0.2) is 0 Å². The lowest BCUT2D eigenvalue weighted by Crippen LogP contribution is -2.45. The predicted molar refractivity (Wildman–Crippen MR) is 118 cm³/mol. The van der Waals surface area contributed by atoms with Gasteiger partial charge in [-0.05, 0) is 56.1 Å². The van der Waals surface area contributed by atoms with Crippen LogP contribution in [0.1, 0.15) is 15.9 Å². The van der Waals surface area contributed by atoms with Gasteiger partial charge >= 0.3 is 0 Å². The summed E-state index contributed by atoms with van der Waals surface area (Å²) in [4.78, 5) is 19.1. The molecule has 1 fully saturated rings. The number of benzene rings is 2. The van der Waals surface area contributed by atoms with Crippen molar-refractivity contribution in [1.29, 1.82) is 0 Å². The number of amides is 1. The van der Waals surface area contributed by atoms with Crippen molar-refractivity contribution in [2.45, 2.75) is 6.54 Å². The van der Waals surface area contributed by atoms with Crippen molar-refractivity contribution < 1.29 is 9.53 Å². The Balaban J connectivity index is 1.45. The van der Waals surface area contributed by atoms with Crippen LogP contribution in [0.5, 0.6) is 5.75 Å². The number of methoxy groups -OCH3 is 1. The first kappa shape index (κ1) is 21.1. The molecule has 2 aromatic carbocycles. The smallest absolute Gasteiger partial charge is 0.251 e. The fourth-order valence-electron chi connectivity index (χ4n) is 3.47.